The number of carbonyl (C=O) groups excluding carboxylic acids is 1. The summed E-state index contributed by atoms with van der Waals surface area (Å²) in [5, 5.41) is 0.995. The molecule has 4 heteroatoms. The van der Waals surface area contributed by atoms with Crippen LogP contribution >= 0.6 is 11.3 Å². The van der Waals surface area contributed by atoms with Crippen molar-refractivity contribution in [1.29, 1.82) is 0 Å². The third kappa shape index (κ3) is 2.24. The van der Waals surface area contributed by atoms with Gasteiger partial charge in [-0.3, -0.25) is 4.79 Å². The molecule has 0 saturated heterocycles. The lowest BCUT2D eigenvalue weighted by atomic mass is 9.97. The number of thiazole rings is 1. The van der Waals surface area contributed by atoms with E-state index in [2.05, 4.69) is 13.8 Å². The maximum atomic E-state index is 11.9. The van der Waals surface area contributed by atoms with Gasteiger partial charge in [-0.25, -0.2) is 4.98 Å². The van der Waals surface area contributed by atoms with Crippen molar-refractivity contribution in [3.05, 3.63) is 15.6 Å². The highest BCUT2D eigenvalue weighted by atomic mass is 32.1. The van der Waals surface area contributed by atoms with Crippen molar-refractivity contribution >= 4 is 17.1 Å². The second-order valence-electron chi connectivity index (χ2n) is 4.71. The lowest BCUT2D eigenvalue weighted by Gasteiger charge is -2.29. The summed E-state index contributed by atoms with van der Waals surface area (Å²) >= 11 is 1.55. The Bertz CT molecular complexity index is 435. The molecule has 3 nitrogen and oxygen atoms in total. The molecule has 18 heavy (non-hydrogen) atoms. The molecule has 0 bridgehead atoms. The number of hydrogen-bond donors (Lipinski definition) is 0. The number of aromatic nitrogens is 1. The zero-order chi connectivity index (χ0) is 13.2. The molecule has 1 aromatic heterocycles. The van der Waals surface area contributed by atoms with Gasteiger partial charge in [0, 0.05) is 13.0 Å². The van der Waals surface area contributed by atoms with E-state index in [1.807, 2.05) is 6.92 Å². The van der Waals surface area contributed by atoms with Gasteiger partial charge in [0.2, 0.25) is 0 Å². The van der Waals surface area contributed by atoms with E-state index < -0.39 is 0 Å². The molecule has 0 unspecified atom stereocenters. The number of carbonyl (C=O) groups is 1. The van der Waals surface area contributed by atoms with Crippen LogP contribution in [0, 0.1) is 0 Å². The van der Waals surface area contributed by atoms with Crippen LogP contribution in [-0.2, 0) is 16.8 Å². The fraction of sp³-hybridized carbons (Fsp3) is 0.714. The van der Waals surface area contributed by atoms with Crippen LogP contribution < -0.4 is 0 Å². The lowest BCUT2D eigenvalue weighted by molar-refractivity contribution is -0.0507. The van der Waals surface area contributed by atoms with Crippen molar-refractivity contribution in [3.63, 3.8) is 0 Å². The second kappa shape index (κ2) is 5.49. The SMILES string of the molecule is CCOC(CC)(CC)c1nc2c(s1)C(=O)CCC2. The van der Waals surface area contributed by atoms with E-state index in [1.54, 1.807) is 11.3 Å². The van der Waals surface area contributed by atoms with Crippen LogP contribution in [0.5, 0.6) is 0 Å². The molecule has 0 fully saturated rings. The molecule has 0 amide bonds. The molecule has 100 valence electrons. The molecular weight excluding hydrogens is 246 g/mol. The largest absolute Gasteiger partial charge is 0.368 e. The Balaban J connectivity index is 2.40. The van der Waals surface area contributed by atoms with Crippen LogP contribution in [-0.4, -0.2) is 17.4 Å². The highest BCUT2D eigenvalue weighted by Gasteiger charge is 2.35. The Morgan fingerprint density at radius 3 is 2.56 bits per heavy atom. The van der Waals surface area contributed by atoms with Gasteiger partial charge in [-0.2, -0.15) is 0 Å². The standard InChI is InChI=1S/C14H21NO2S/c1-4-14(5-2,17-6-3)13-15-10-8-7-9-11(16)12(10)18-13/h4-9H2,1-3H3. The van der Waals surface area contributed by atoms with Gasteiger partial charge in [-0.05, 0) is 32.6 Å². The van der Waals surface area contributed by atoms with E-state index in [-0.39, 0.29) is 11.4 Å². The van der Waals surface area contributed by atoms with Gasteiger partial charge in [0.25, 0.3) is 0 Å². The number of ketones is 1. The van der Waals surface area contributed by atoms with Crippen molar-refractivity contribution in [2.24, 2.45) is 0 Å². The maximum absolute atomic E-state index is 11.9. The van der Waals surface area contributed by atoms with Gasteiger partial charge in [0.05, 0.1) is 10.6 Å². The quantitative estimate of drug-likeness (QED) is 0.816. The third-order valence-electron chi connectivity index (χ3n) is 3.72. The van der Waals surface area contributed by atoms with Gasteiger partial charge in [-0.15, -0.1) is 11.3 Å². The first kappa shape index (κ1) is 13.7. The number of nitrogens with zero attached hydrogens (tertiary/aromatic N) is 1. The summed E-state index contributed by atoms with van der Waals surface area (Å²) in [6.45, 7) is 6.95. The van der Waals surface area contributed by atoms with E-state index in [9.17, 15) is 4.79 Å². The van der Waals surface area contributed by atoms with E-state index in [0.29, 0.717) is 13.0 Å². The molecule has 0 aromatic carbocycles. The number of ether oxygens (including phenoxy) is 1. The van der Waals surface area contributed by atoms with Crippen molar-refractivity contribution in [1.82, 2.24) is 4.98 Å². The van der Waals surface area contributed by atoms with E-state index in [1.165, 1.54) is 0 Å². The van der Waals surface area contributed by atoms with E-state index in [0.717, 1.165) is 41.3 Å². The Morgan fingerprint density at radius 1 is 1.28 bits per heavy atom. The fourth-order valence-electron chi connectivity index (χ4n) is 2.56. The molecule has 1 aliphatic carbocycles. The second-order valence-corrected chi connectivity index (χ2v) is 5.71. The minimum atomic E-state index is -0.295. The van der Waals surface area contributed by atoms with Gasteiger partial charge >= 0.3 is 0 Å². The molecule has 0 radical (unpaired) electrons. The summed E-state index contributed by atoms with van der Waals surface area (Å²) in [6.07, 6.45) is 4.35. The number of Topliss-reactive ketones (excluding diaryl/α,β-unsaturated/α-hetero) is 1. The van der Waals surface area contributed by atoms with Gasteiger partial charge in [-0.1, -0.05) is 13.8 Å². The molecule has 1 aliphatic rings. The molecule has 0 spiro atoms. The molecule has 1 heterocycles. The number of hydrogen-bond acceptors (Lipinski definition) is 4. The van der Waals surface area contributed by atoms with Crippen molar-refractivity contribution < 1.29 is 9.53 Å². The number of aryl methyl sites for hydroxylation is 1. The minimum Gasteiger partial charge on any atom is -0.368 e. The predicted octanol–water partition coefficient (Wildman–Crippen LogP) is 3.71. The predicted molar refractivity (Wildman–Crippen MR) is 73.3 cm³/mol. The van der Waals surface area contributed by atoms with Crippen LogP contribution in [0.1, 0.15) is 66.8 Å². The lowest BCUT2D eigenvalue weighted by Crippen LogP contribution is -2.28. The maximum Gasteiger partial charge on any atom is 0.174 e. The first-order valence-electron chi connectivity index (χ1n) is 6.84. The molecule has 0 N–H and O–H groups in total. The minimum absolute atomic E-state index is 0.262. The Kier molecular flexibility index (Phi) is 4.17. The fourth-order valence-corrected chi connectivity index (χ4v) is 3.92. The third-order valence-corrected chi connectivity index (χ3v) is 5.04. The molecular formula is C14H21NO2S. The summed E-state index contributed by atoms with van der Waals surface area (Å²) in [4.78, 5) is 17.5. The van der Waals surface area contributed by atoms with E-state index in [4.69, 9.17) is 9.72 Å². The van der Waals surface area contributed by atoms with Crippen LogP contribution in [0.3, 0.4) is 0 Å². The first-order chi connectivity index (χ1) is 8.66. The van der Waals surface area contributed by atoms with Crippen LogP contribution in [0.2, 0.25) is 0 Å². The van der Waals surface area contributed by atoms with Gasteiger partial charge < -0.3 is 4.74 Å². The molecule has 0 atom stereocenters. The van der Waals surface area contributed by atoms with E-state index >= 15 is 0 Å². The van der Waals surface area contributed by atoms with Crippen molar-refractivity contribution in [2.75, 3.05) is 6.61 Å². The van der Waals surface area contributed by atoms with Crippen LogP contribution in [0.15, 0.2) is 0 Å². The highest BCUT2D eigenvalue weighted by Crippen LogP contribution is 2.38. The average Bonchev–Trinajstić information content (AvgIpc) is 2.82. The number of fused-ring (bicyclic) bond motifs is 1. The molecule has 0 aliphatic heterocycles. The summed E-state index contributed by atoms with van der Waals surface area (Å²) in [6, 6.07) is 0. The zero-order valence-electron chi connectivity index (χ0n) is 11.4. The summed E-state index contributed by atoms with van der Waals surface area (Å²) in [5.41, 5.74) is 0.703. The Morgan fingerprint density at radius 2 is 2.00 bits per heavy atom. The van der Waals surface area contributed by atoms with Crippen molar-refractivity contribution in [2.45, 2.75) is 58.5 Å². The summed E-state index contributed by atoms with van der Waals surface area (Å²) < 4.78 is 5.96. The topological polar surface area (TPSA) is 39.2 Å². The average molecular weight is 267 g/mol. The summed E-state index contributed by atoms with van der Waals surface area (Å²) in [5.74, 6) is 0.262. The Hall–Kier alpha value is -0.740. The summed E-state index contributed by atoms with van der Waals surface area (Å²) in [7, 11) is 0. The zero-order valence-corrected chi connectivity index (χ0v) is 12.2. The van der Waals surface area contributed by atoms with Crippen LogP contribution in [0.4, 0.5) is 0 Å². The number of rotatable bonds is 5. The monoisotopic (exact) mass is 267 g/mol. The van der Waals surface area contributed by atoms with Gasteiger partial charge in [0.15, 0.2) is 5.78 Å². The molecule has 0 saturated carbocycles. The van der Waals surface area contributed by atoms with Gasteiger partial charge in [0.1, 0.15) is 10.6 Å². The first-order valence-corrected chi connectivity index (χ1v) is 7.65. The normalized spacial score (nSPS) is 15.8. The van der Waals surface area contributed by atoms with Crippen LogP contribution in [0.25, 0.3) is 0 Å². The molecule has 1 aromatic rings. The molecule has 2 rings (SSSR count). The highest BCUT2D eigenvalue weighted by molar-refractivity contribution is 7.14. The smallest absolute Gasteiger partial charge is 0.174 e. The van der Waals surface area contributed by atoms with Crippen molar-refractivity contribution in [3.8, 4) is 0 Å². The Labute approximate surface area is 113 Å².